The first-order valence-corrected chi connectivity index (χ1v) is 22.1. The number of carboxylic acids is 1. The number of hydrogen-bond donors (Lipinski definition) is 1. The number of fused-ring (bicyclic) bond motifs is 1. The van der Waals surface area contributed by atoms with Gasteiger partial charge in [0, 0.05) is 5.57 Å². The van der Waals surface area contributed by atoms with Crippen molar-refractivity contribution >= 4 is 75.5 Å². The van der Waals surface area contributed by atoms with Gasteiger partial charge in [-0.25, -0.2) is 4.79 Å². The first-order valence-electron chi connectivity index (χ1n) is 18.0. The van der Waals surface area contributed by atoms with Gasteiger partial charge in [0.2, 0.25) is 5.91 Å². The van der Waals surface area contributed by atoms with Crippen molar-refractivity contribution in [1.82, 2.24) is 10.2 Å². The predicted octanol–water partition coefficient (Wildman–Crippen LogP) is 7.35. The van der Waals surface area contributed by atoms with E-state index < -0.39 is 24.7 Å². The highest BCUT2D eigenvalue weighted by molar-refractivity contribution is 14.1. The minimum atomic E-state index is -2.54. The zero-order chi connectivity index (χ0) is 37.9. The van der Waals surface area contributed by atoms with Crippen molar-refractivity contribution in [1.29, 1.82) is 0 Å². The average molecular weight is 869 g/mol. The summed E-state index contributed by atoms with van der Waals surface area (Å²) < 4.78 is 5.85. The Morgan fingerprint density at radius 2 is 1.24 bits per heavy atom. The molecule has 0 saturated carbocycles. The lowest BCUT2D eigenvalue weighted by Crippen LogP contribution is -2.59. The molecule has 1 saturated heterocycles. The largest absolute Gasteiger partial charge is 0.543 e. The molecule has 0 bridgehead atoms. The van der Waals surface area contributed by atoms with Crippen LogP contribution in [0.4, 0.5) is 4.79 Å². The molecule has 7 rings (SSSR count). The summed E-state index contributed by atoms with van der Waals surface area (Å²) in [5.74, 6) is -1.69. The maximum atomic E-state index is 12.9. The lowest BCUT2D eigenvalue weighted by Gasteiger charge is -2.48. The van der Waals surface area contributed by atoms with Crippen molar-refractivity contribution in [3.63, 3.8) is 0 Å². The Kier molecular flexibility index (Phi) is 13.6. The molecule has 2 atom stereocenters. The molecule has 1 fully saturated rings. The number of benzene rings is 5. The molecule has 0 aromatic heterocycles. The minimum Gasteiger partial charge on any atom is -0.543 e. The molecule has 54 heavy (non-hydrogen) atoms. The summed E-state index contributed by atoms with van der Waals surface area (Å²) in [7, 11) is -2.54. The second kappa shape index (κ2) is 18.7. The van der Waals surface area contributed by atoms with Crippen LogP contribution in [0, 0.1) is 0 Å². The molecule has 5 aromatic carbocycles. The van der Waals surface area contributed by atoms with Gasteiger partial charge in [0.15, 0.2) is 0 Å². The van der Waals surface area contributed by atoms with E-state index in [9.17, 15) is 19.5 Å². The zero-order valence-corrected chi connectivity index (χ0v) is 33.8. The van der Waals surface area contributed by atoms with Gasteiger partial charge in [0.05, 0.1) is 40.2 Å². The highest BCUT2D eigenvalue weighted by Crippen LogP contribution is 2.59. The second-order valence-corrected chi connectivity index (χ2v) is 18.9. The number of unbranched alkanes of at least 4 members (excludes halogenated alkanes) is 1. The van der Waals surface area contributed by atoms with Gasteiger partial charge in [-0.05, 0) is 53.9 Å². The Morgan fingerprint density at radius 1 is 0.796 bits per heavy atom. The summed E-state index contributed by atoms with van der Waals surface area (Å²) >= 11 is 3.84. The molecular weight excluding hydrogens is 826 g/mol. The number of nitrogens with one attached hydrogen (secondary N) is 1. The van der Waals surface area contributed by atoms with Crippen molar-refractivity contribution in [2.45, 2.75) is 40.9 Å². The van der Waals surface area contributed by atoms with Gasteiger partial charge in [-0.15, -0.1) is 11.8 Å². The van der Waals surface area contributed by atoms with Crippen LogP contribution in [-0.4, -0.2) is 46.4 Å². The number of thioether (sulfide) groups is 1. The molecule has 276 valence electrons. The van der Waals surface area contributed by atoms with Crippen LogP contribution in [0.25, 0.3) is 0 Å². The summed E-state index contributed by atoms with van der Waals surface area (Å²) in [6.45, 7) is 2.28. The monoisotopic (exact) mass is 868 g/mol. The molecular formula is C44H42IN2O5PS. The van der Waals surface area contributed by atoms with E-state index in [0.29, 0.717) is 9.50 Å². The van der Waals surface area contributed by atoms with E-state index in [0.717, 1.165) is 28.8 Å². The van der Waals surface area contributed by atoms with Crippen molar-refractivity contribution in [3.8, 4) is 0 Å². The lowest BCUT2D eigenvalue weighted by molar-refractivity contribution is -0.301. The molecule has 7 nitrogen and oxygen atoms in total. The third kappa shape index (κ3) is 8.91. The zero-order valence-electron chi connectivity index (χ0n) is 29.9. The number of aliphatic carboxylic acids is 1. The molecule has 2 aliphatic heterocycles. The normalized spacial score (nSPS) is 16.4. The number of carbonyl (C=O) groups excluding carboxylic acids is 3. The summed E-state index contributed by atoms with van der Waals surface area (Å²) in [4.78, 5) is 39.6. The molecule has 2 amide bonds. The van der Waals surface area contributed by atoms with Gasteiger partial charge >= 0.3 is 6.09 Å². The minimum absolute atomic E-state index is 0.147. The smallest absolute Gasteiger partial charge is 0.408 e. The van der Waals surface area contributed by atoms with Crippen molar-refractivity contribution in [3.05, 3.63) is 174 Å². The van der Waals surface area contributed by atoms with Gasteiger partial charge in [0.1, 0.15) is 28.5 Å². The van der Waals surface area contributed by atoms with Crippen LogP contribution >= 0.6 is 41.6 Å². The van der Waals surface area contributed by atoms with E-state index in [4.69, 9.17) is 4.74 Å². The van der Waals surface area contributed by atoms with E-state index in [1.54, 1.807) is 0 Å². The number of carbonyl (C=O) groups is 3. The molecule has 10 heteroatoms. The van der Waals surface area contributed by atoms with Gasteiger partial charge in [-0.2, -0.15) is 0 Å². The molecule has 5 aromatic rings. The van der Waals surface area contributed by atoms with Crippen LogP contribution in [0.15, 0.2) is 163 Å². The van der Waals surface area contributed by atoms with E-state index in [1.165, 1.54) is 27.8 Å². The Hall–Kier alpha value is -4.44. The summed E-state index contributed by atoms with van der Waals surface area (Å²) in [5.41, 5.74) is 3.02. The third-order valence-corrected chi connectivity index (χ3v) is 16.6. The number of carboxylic acid groups (broad SMARTS) is 1. The number of β-lactam (4-membered cyclic amide) rings is 1. The van der Waals surface area contributed by atoms with E-state index >= 15 is 0 Å². The fourth-order valence-electron chi connectivity index (χ4n) is 6.71. The number of halogens is 1. The molecule has 2 aliphatic rings. The fraction of sp³-hybridized carbons (Fsp3) is 0.205. The van der Waals surface area contributed by atoms with Crippen molar-refractivity contribution in [2.75, 3.05) is 12.8 Å². The summed E-state index contributed by atoms with van der Waals surface area (Å²) in [5, 5.41) is 17.7. The number of alkyl carbamates (subject to hydrolysis) is 1. The lowest BCUT2D eigenvalue weighted by atomic mass is 10.1. The van der Waals surface area contributed by atoms with Crippen LogP contribution < -0.4 is 26.3 Å². The molecule has 0 radical (unpaired) electrons. The fourth-order valence-corrected chi connectivity index (χ4v) is 13.4. The average Bonchev–Trinajstić information content (AvgIpc) is 3.21. The van der Waals surface area contributed by atoms with Crippen LogP contribution in [0.1, 0.15) is 41.2 Å². The van der Waals surface area contributed by atoms with E-state index in [-0.39, 0.29) is 36.2 Å². The Balaban J connectivity index is 0.000000297. The number of ether oxygens (including phenoxy) is 1. The molecule has 2 heterocycles. The third-order valence-electron chi connectivity index (χ3n) is 9.42. The standard InChI is InChI=1S/C31H31N2O5PS.C13H11I/c1-2-3-19-38-31(37)32-29-25(28(30(35)36)33-26(34)20-27(33)40-29)21-39(22-13-7-4-8-14-22,23-15-9-5-10-16-23)24-17-11-6-12-18-24;14-13(11-7-3-1-4-8-11)12-9-5-2-6-10-12/h4-18,27,29H,2-3,19-21H2,1H3,(H-,32,35,36,37);1-10,13H/t27-,29?;/m1./s1. The van der Waals surface area contributed by atoms with Crippen molar-refractivity contribution in [2.24, 2.45) is 0 Å². The quantitative estimate of drug-likeness (QED) is 0.0464. The SMILES string of the molecule is CCCCOC(=O)NC1S[C@@H]2CC(=O)N2C(C(=O)[O-])=C1C[P+](c1ccccc1)(c1ccccc1)c1ccccc1.IC(c1ccccc1)c1ccccc1. The second-order valence-electron chi connectivity index (χ2n) is 12.9. The van der Waals surface area contributed by atoms with Gasteiger partial charge in [-0.3, -0.25) is 9.69 Å². The maximum absolute atomic E-state index is 12.9. The van der Waals surface area contributed by atoms with Crippen LogP contribution in [0.2, 0.25) is 0 Å². The number of alkyl halides is 1. The maximum Gasteiger partial charge on any atom is 0.408 e. The Labute approximate surface area is 335 Å². The highest BCUT2D eigenvalue weighted by atomic mass is 127. The number of amides is 2. The van der Waals surface area contributed by atoms with Gasteiger partial charge in [-0.1, -0.05) is 151 Å². The van der Waals surface area contributed by atoms with E-state index in [2.05, 4.69) is 125 Å². The molecule has 1 unspecified atom stereocenters. The van der Waals surface area contributed by atoms with E-state index in [1.807, 2.05) is 61.5 Å². The number of hydrogen-bond acceptors (Lipinski definition) is 6. The van der Waals surface area contributed by atoms with Crippen LogP contribution in [0.5, 0.6) is 0 Å². The molecule has 0 spiro atoms. The topological polar surface area (TPSA) is 98.8 Å². The van der Waals surface area contributed by atoms with Gasteiger partial charge in [0.25, 0.3) is 0 Å². The first kappa shape index (κ1) is 39.3. The van der Waals surface area contributed by atoms with Crippen molar-refractivity contribution < 1.29 is 24.2 Å². The summed E-state index contributed by atoms with van der Waals surface area (Å²) in [6, 6.07) is 51.3. The van der Waals surface area contributed by atoms with Crippen LogP contribution in [-0.2, 0) is 14.3 Å². The Bertz CT molecular complexity index is 1900. The first-order chi connectivity index (χ1) is 26.3. The number of nitrogens with zero attached hydrogens (tertiary/aromatic N) is 1. The predicted molar refractivity (Wildman–Crippen MR) is 227 cm³/mol. The molecule has 1 N–H and O–H groups in total. The number of rotatable bonds is 12. The molecule has 0 aliphatic carbocycles. The van der Waals surface area contributed by atoms with Gasteiger partial charge < -0.3 is 20.0 Å². The Morgan fingerprint density at radius 3 is 1.65 bits per heavy atom. The summed E-state index contributed by atoms with van der Waals surface area (Å²) in [6.07, 6.45) is 1.49. The van der Waals surface area contributed by atoms with Crippen LogP contribution in [0.3, 0.4) is 0 Å². The highest BCUT2D eigenvalue weighted by Gasteiger charge is 2.53.